The van der Waals surface area contributed by atoms with Crippen LogP contribution >= 0.6 is 34.8 Å². The number of halogens is 3. The van der Waals surface area contributed by atoms with E-state index >= 15 is 0 Å². The van der Waals surface area contributed by atoms with Crippen LogP contribution in [0.5, 0.6) is 0 Å². The SMILES string of the molecule is Cc1c(Cl)cccc1N(C(C)C(=O)O)S(=O)(=O)c1ccc(Cl)c(Cl)c1. The van der Waals surface area contributed by atoms with Gasteiger partial charge < -0.3 is 5.11 Å². The Morgan fingerprint density at radius 2 is 1.72 bits per heavy atom. The van der Waals surface area contributed by atoms with Gasteiger partial charge in [0.15, 0.2) is 0 Å². The highest BCUT2D eigenvalue weighted by molar-refractivity contribution is 7.93. The highest BCUT2D eigenvalue weighted by Gasteiger charge is 2.34. The molecule has 0 aliphatic rings. The Hall–Kier alpha value is -1.47. The topological polar surface area (TPSA) is 74.7 Å². The lowest BCUT2D eigenvalue weighted by Crippen LogP contribution is -2.43. The van der Waals surface area contributed by atoms with Gasteiger partial charge in [0.05, 0.1) is 20.6 Å². The molecule has 1 unspecified atom stereocenters. The fourth-order valence-corrected chi connectivity index (χ4v) is 4.46. The van der Waals surface area contributed by atoms with Crippen LogP contribution < -0.4 is 4.31 Å². The van der Waals surface area contributed by atoms with Gasteiger partial charge in [-0.3, -0.25) is 4.31 Å². The van der Waals surface area contributed by atoms with Crippen LogP contribution in [0.25, 0.3) is 0 Å². The zero-order valence-electron chi connectivity index (χ0n) is 13.2. The maximum absolute atomic E-state index is 13.1. The third-order valence-electron chi connectivity index (χ3n) is 3.63. The first kappa shape index (κ1) is 19.8. The van der Waals surface area contributed by atoms with Gasteiger partial charge in [-0.1, -0.05) is 40.9 Å². The molecule has 1 N–H and O–H groups in total. The van der Waals surface area contributed by atoms with Gasteiger partial charge in [0.25, 0.3) is 10.0 Å². The zero-order chi connectivity index (χ0) is 18.9. The molecule has 2 aromatic rings. The third kappa shape index (κ3) is 3.87. The third-order valence-corrected chi connectivity index (χ3v) is 6.66. The number of benzene rings is 2. The number of sulfonamides is 1. The first-order valence-corrected chi connectivity index (χ1v) is 9.62. The average Bonchev–Trinajstić information content (AvgIpc) is 2.53. The van der Waals surface area contributed by atoms with Crippen LogP contribution in [0.3, 0.4) is 0 Å². The number of nitrogens with zero attached hydrogens (tertiary/aromatic N) is 1. The molecule has 1 atom stereocenters. The molecule has 0 spiro atoms. The van der Waals surface area contributed by atoms with E-state index < -0.39 is 22.0 Å². The Balaban J connectivity index is 2.72. The molecule has 0 radical (unpaired) electrons. The monoisotopic (exact) mass is 421 g/mol. The summed E-state index contributed by atoms with van der Waals surface area (Å²) in [5.41, 5.74) is 0.620. The van der Waals surface area contributed by atoms with Crippen molar-refractivity contribution in [2.24, 2.45) is 0 Å². The summed E-state index contributed by atoms with van der Waals surface area (Å²) in [6, 6.07) is 7.07. The van der Waals surface area contributed by atoms with Crippen LogP contribution in [0.1, 0.15) is 12.5 Å². The second-order valence-corrected chi connectivity index (χ2v) is 8.31. The van der Waals surface area contributed by atoms with Crippen LogP contribution in [0.2, 0.25) is 15.1 Å². The summed E-state index contributed by atoms with van der Waals surface area (Å²) < 4.78 is 27.1. The molecule has 25 heavy (non-hydrogen) atoms. The molecular weight excluding hydrogens is 409 g/mol. The molecule has 134 valence electrons. The molecule has 0 bridgehead atoms. The Morgan fingerprint density at radius 3 is 2.28 bits per heavy atom. The molecule has 9 heteroatoms. The predicted octanol–water partition coefficient (Wildman–Crippen LogP) is 4.62. The summed E-state index contributed by atoms with van der Waals surface area (Å²) in [6.07, 6.45) is 0. The molecule has 0 amide bonds. The molecule has 0 aliphatic carbocycles. The van der Waals surface area contributed by atoms with Gasteiger partial charge in [-0.2, -0.15) is 0 Å². The Bertz CT molecular complexity index is 931. The smallest absolute Gasteiger partial charge is 0.327 e. The number of anilines is 1. The summed E-state index contributed by atoms with van der Waals surface area (Å²) in [5, 5.41) is 9.96. The van der Waals surface area contributed by atoms with E-state index in [4.69, 9.17) is 34.8 Å². The van der Waals surface area contributed by atoms with Crippen LogP contribution in [0.4, 0.5) is 5.69 Å². The van der Waals surface area contributed by atoms with Crippen LogP contribution in [0, 0.1) is 6.92 Å². The van der Waals surface area contributed by atoms with E-state index in [1.807, 2.05) is 0 Å². The average molecular weight is 423 g/mol. The van der Waals surface area contributed by atoms with Crippen molar-refractivity contribution in [3.05, 3.63) is 57.0 Å². The Kier molecular flexibility index (Phi) is 5.89. The normalized spacial score (nSPS) is 12.7. The molecule has 2 aromatic carbocycles. The number of carboxylic acid groups (broad SMARTS) is 1. The lowest BCUT2D eigenvalue weighted by Gasteiger charge is -2.29. The van der Waals surface area contributed by atoms with Crippen molar-refractivity contribution in [3.63, 3.8) is 0 Å². The maximum atomic E-state index is 13.1. The van der Waals surface area contributed by atoms with Crippen molar-refractivity contribution in [1.82, 2.24) is 0 Å². The van der Waals surface area contributed by atoms with Crippen molar-refractivity contribution in [2.45, 2.75) is 24.8 Å². The van der Waals surface area contributed by atoms with Crippen molar-refractivity contribution in [2.75, 3.05) is 4.31 Å². The summed E-state index contributed by atoms with van der Waals surface area (Å²) in [5.74, 6) is -1.30. The van der Waals surface area contributed by atoms with Gasteiger partial charge in [0, 0.05) is 5.02 Å². The lowest BCUT2D eigenvalue weighted by molar-refractivity contribution is -0.137. The number of rotatable bonds is 5. The molecular formula is C16H14Cl3NO4S. The Morgan fingerprint density at radius 1 is 1.08 bits per heavy atom. The molecule has 0 fully saturated rings. The van der Waals surface area contributed by atoms with Crippen molar-refractivity contribution < 1.29 is 18.3 Å². The van der Waals surface area contributed by atoms with E-state index in [1.54, 1.807) is 19.1 Å². The second-order valence-electron chi connectivity index (χ2n) is 5.27. The molecule has 5 nitrogen and oxygen atoms in total. The molecule has 0 aromatic heterocycles. The molecule has 0 aliphatic heterocycles. The van der Waals surface area contributed by atoms with E-state index in [0.717, 1.165) is 4.31 Å². The van der Waals surface area contributed by atoms with E-state index in [-0.39, 0.29) is 20.6 Å². The van der Waals surface area contributed by atoms with Gasteiger partial charge in [0.1, 0.15) is 6.04 Å². The molecule has 0 heterocycles. The summed E-state index contributed by atoms with van der Waals surface area (Å²) in [4.78, 5) is 11.4. The van der Waals surface area contributed by atoms with Gasteiger partial charge in [-0.05, 0) is 49.7 Å². The first-order valence-electron chi connectivity index (χ1n) is 7.04. The largest absolute Gasteiger partial charge is 0.480 e. The van der Waals surface area contributed by atoms with Crippen LogP contribution in [-0.4, -0.2) is 25.5 Å². The van der Waals surface area contributed by atoms with Crippen LogP contribution in [0.15, 0.2) is 41.3 Å². The molecule has 2 rings (SSSR count). The number of hydrogen-bond acceptors (Lipinski definition) is 3. The lowest BCUT2D eigenvalue weighted by atomic mass is 10.2. The number of carbonyl (C=O) groups is 1. The first-order chi connectivity index (χ1) is 11.6. The summed E-state index contributed by atoms with van der Waals surface area (Å²) in [7, 11) is -4.23. The maximum Gasteiger partial charge on any atom is 0.327 e. The summed E-state index contributed by atoms with van der Waals surface area (Å²) >= 11 is 17.8. The van der Waals surface area contributed by atoms with Crippen molar-refractivity contribution >= 4 is 56.5 Å². The minimum Gasteiger partial charge on any atom is -0.480 e. The standard InChI is InChI=1S/C16H14Cl3NO4S/c1-9-12(17)4-3-5-15(9)20(10(2)16(21)22)25(23,24)11-6-7-13(18)14(19)8-11/h3-8,10H,1-2H3,(H,21,22). The van der Waals surface area contributed by atoms with Crippen molar-refractivity contribution in [1.29, 1.82) is 0 Å². The second kappa shape index (κ2) is 7.41. The number of hydrogen-bond donors (Lipinski definition) is 1. The van der Waals surface area contributed by atoms with Crippen LogP contribution in [-0.2, 0) is 14.8 Å². The van der Waals surface area contributed by atoms with E-state index in [0.29, 0.717) is 10.6 Å². The van der Waals surface area contributed by atoms with E-state index in [2.05, 4.69) is 0 Å². The quantitative estimate of drug-likeness (QED) is 0.762. The fourth-order valence-electron chi connectivity index (χ4n) is 2.23. The minimum atomic E-state index is -4.23. The van der Waals surface area contributed by atoms with Gasteiger partial charge in [-0.25, -0.2) is 13.2 Å². The van der Waals surface area contributed by atoms with Gasteiger partial charge in [-0.15, -0.1) is 0 Å². The zero-order valence-corrected chi connectivity index (χ0v) is 16.3. The van der Waals surface area contributed by atoms with Gasteiger partial charge in [0.2, 0.25) is 0 Å². The summed E-state index contributed by atoms with van der Waals surface area (Å²) in [6.45, 7) is 2.89. The highest BCUT2D eigenvalue weighted by Crippen LogP contribution is 2.34. The van der Waals surface area contributed by atoms with E-state index in [9.17, 15) is 18.3 Å². The fraction of sp³-hybridized carbons (Fsp3) is 0.188. The molecule has 0 saturated carbocycles. The predicted molar refractivity (Wildman–Crippen MR) is 99.4 cm³/mol. The van der Waals surface area contributed by atoms with E-state index in [1.165, 1.54) is 31.2 Å². The van der Waals surface area contributed by atoms with Crippen molar-refractivity contribution in [3.8, 4) is 0 Å². The highest BCUT2D eigenvalue weighted by atomic mass is 35.5. The molecule has 0 saturated heterocycles. The Labute approximate surface area is 160 Å². The van der Waals surface area contributed by atoms with Gasteiger partial charge >= 0.3 is 5.97 Å². The number of carboxylic acids is 1. The number of aliphatic carboxylic acids is 1. The minimum absolute atomic E-state index is 0.0495.